The predicted octanol–water partition coefficient (Wildman–Crippen LogP) is 2.79. The van der Waals surface area contributed by atoms with Crippen LogP contribution < -0.4 is 0 Å². The van der Waals surface area contributed by atoms with Gasteiger partial charge in [0, 0.05) is 23.4 Å². The second kappa shape index (κ2) is 5.47. The Bertz CT molecular complexity index is 385. The van der Waals surface area contributed by atoms with Crippen molar-refractivity contribution in [3.8, 4) is 11.8 Å². The number of hydrogen-bond donors (Lipinski definition) is 0. The Morgan fingerprint density at radius 2 is 2.29 bits per heavy atom. The number of aryl methyl sites for hydroxylation is 1. The van der Waals surface area contributed by atoms with Crippen LogP contribution in [0.25, 0.3) is 0 Å². The van der Waals surface area contributed by atoms with Crippen LogP contribution in [0.3, 0.4) is 0 Å². The van der Waals surface area contributed by atoms with Crippen molar-refractivity contribution >= 4 is 17.9 Å². The second-order valence-corrected chi connectivity index (χ2v) is 3.31. The maximum Gasteiger partial charge on any atom is 0.150 e. The van der Waals surface area contributed by atoms with Gasteiger partial charge in [-0.3, -0.25) is 4.79 Å². The normalized spacial score (nSPS) is 9.00. The van der Waals surface area contributed by atoms with E-state index < -0.39 is 0 Å². The highest BCUT2D eigenvalue weighted by Gasteiger charge is 1.95. The predicted molar refractivity (Wildman–Crippen MR) is 58.8 cm³/mol. The van der Waals surface area contributed by atoms with Crippen molar-refractivity contribution in [2.75, 3.05) is 5.88 Å². The van der Waals surface area contributed by atoms with Gasteiger partial charge >= 0.3 is 0 Å². The molecule has 0 aliphatic heterocycles. The van der Waals surface area contributed by atoms with Gasteiger partial charge in [-0.15, -0.1) is 11.6 Å². The summed E-state index contributed by atoms with van der Waals surface area (Å²) in [7, 11) is 0. The Kier molecular flexibility index (Phi) is 4.22. The molecule has 0 radical (unpaired) electrons. The maximum atomic E-state index is 10.5. The quantitative estimate of drug-likeness (QED) is 0.413. The number of aldehydes is 1. The number of benzene rings is 1. The minimum absolute atomic E-state index is 0.554. The molecule has 1 rings (SSSR count). The average molecular weight is 207 g/mol. The molecule has 0 saturated heterocycles. The molecule has 0 saturated carbocycles. The van der Waals surface area contributed by atoms with Crippen LogP contribution in [-0.4, -0.2) is 12.2 Å². The lowest BCUT2D eigenvalue weighted by molar-refractivity contribution is 0.112. The van der Waals surface area contributed by atoms with Crippen LogP contribution in [0.1, 0.15) is 27.9 Å². The fraction of sp³-hybridized carbons (Fsp3) is 0.250. The number of carbonyl (C=O) groups excluding carboxylic acids is 1. The van der Waals surface area contributed by atoms with Crippen LogP contribution in [0.15, 0.2) is 18.2 Å². The summed E-state index contributed by atoms with van der Waals surface area (Å²) in [5, 5.41) is 0. The van der Waals surface area contributed by atoms with Gasteiger partial charge in [-0.05, 0) is 24.6 Å². The number of rotatable bonds is 2. The molecule has 0 spiro atoms. The molecule has 0 bridgehead atoms. The van der Waals surface area contributed by atoms with E-state index in [1.165, 1.54) is 0 Å². The monoisotopic (exact) mass is 206 g/mol. The summed E-state index contributed by atoms with van der Waals surface area (Å²) in [6.07, 6.45) is 1.53. The van der Waals surface area contributed by atoms with Crippen LogP contribution in [0.5, 0.6) is 0 Å². The van der Waals surface area contributed by atoms with Crippen LogP contribution in [0.2, 0.25) is 0 Å². The standard InChI is InChI=1S/C12H11ClO/c1-10-8-11(9-14)5-6-12(10)4-2-3-7-13/h5-6,8-9H,3,7H2,1H3. The summed E-state index contributed by atoms with van der Waals surface area (Å²) in [6, 6.07) is 5.46. The molecule has 1 aromatic rings. The molecule has 0 amide bonds. The van der Waals surface area contributed by atoms with E-state index in [-0.39, 0.29) is 0 Å². The van der Waals surface area contributed by atoms with E-state index in [0.29, 0.717) is 17.9 Å². The van der Waals surface area contributed by atoms with Crippen molar-refractivity contribution in [3.63, 3.8) is 0 Å². The molecule has 2 heteroatoms. The first-order chi connectivity index (χ1) is 6.77. The molecule has 0 unspecified atom stereocenters. The van der Waals surface area contributed by atoms with Gasteiger partial charge in [0.25, 0.3) is 0 Å². The lowest BCUT2D eigenvalue weighted by Crippen LogP contribution is -1.86. The zero-order valence-corrected chi connectivity index (χ0v) is 8.77. The van der Waals surface area contributed by atoms with Gasteiger partial charge in [0.2, 0.25) is 0 Å². The molecule has 0 aromatic heterocycles. The van der Waals surface area contributed by atoms with Crippen molar-refractivity contribution in [1.82, 2.24) is 0 Å². The van der Waals surface area contributed by atoms with E-state index in [9.17, 15) is 4.79 Å². The highest BCUT2D eigenvalue weighted by Crippen LogP contribution is 2.08. The fourth-order valence-electron chi connectivity index (χ4n) is 1.11. The van der Waals surface area contributed by atoms with E-state index in [1.54, 1.807) is 6.07 Å². The second-order valence-electron chi connectivity index (χ2n) is 2.93. The number of alkyl halides is 1. The Morgan fingerprint density at radius 3 is 2.86 bits per heavy atom. The Labute approximate surface area is 89.1 Å². The van der Waals surface area contributed by atoms with Gasteiger partial charge < -0.3 is 0 Å². The summed E-state index contributed by atoms with van der Waals surface area (Å²) in [4.78, 5) is 10.5. The topological polar surface area (TPSA) is 17.1 Å². The molecule has 0 atom stereocenters. The minimum atomic E-state index is 0.554. The van der Waals surface area contributed by atoms with Gasteiger partial charge in [0.15, 0.2) is 0 Å². The van der Waals surface area contributed by atoms with E-state index in [1.807, 2.05) is 19.1 Å². The summed E-state index contributed by atoms with van der Waals surface area (Å²) in [6.45, 7) is 1.94. The molecule has 0 aliphatic rings. The van der Waals surface area contributed by atoms with Gasteiger partial charge in [0.05, 0.1) is 0 Å². The lowest BCUT2D eigenvalue weighted by atomic mass is 10.1. The highest BCUT2D eigenvalue weighted by atomic mass is 35.5. The van der Waals surface area contributed by atoms with E-state index in [0.717, 1.165) is 17.4 Å². The number of halogens is 1. The van der Waals surface area contributed by atoms with E-state index in [4.69, 9.17) is 11.6 Å². The molecule has 14 heavy (non-hydrogen) atoms. The van der Waals surface area contributed by atoms with Crippen LogP contribution >= 0.6 is 11.6 Å². The third-order valence-corrected chi connectivity index (χ3v) is 2.02. The molecule has 0 fully saturated rings. The summed E-state index contributed by atoms with van der Waals surface area (Å²) in [5.74, 6) is 6.53. The minimum Gasteiger partial charge on any atom is -0.298 e. The van der Waals surface area contributed by atoms with Gasteiger partial charge in [-0.2, -0.15) is 0 Å². The smallest absolute Gasteiger partial charge is 0.150 e. The van der Waals surface area contributed by atoms with Crippen molar-refractivity contribution < 1.29 is 4.79 Å². The van der Waals surface area contributed by atoms with Crippen LogP contribution in [0.4, 0.5) is 0 Å². The zero-order valence-electron chi connectivity index (χ0n) is 8.01. The molecule has 0 aliphatic carbocycles. The number of carbonyl (C=O) groups is 1. The molecule has 1 aromatic carbocycles. The summed E-state index contributed by atoms with van der Waals surface area (Å²) in [5.41, 5.74) is 2.67. The van der Waals surface area contributed by atoms with E-state index >= 15 is 0 Å². The van der Waals surface area contributed by atoms with E-state index in [2.05, 4.69) is 11.8 Å². The zero-order chi connectivity index (χ0) is 10.4. The van der Waals surface area contributed by atoms with Gasteiger partial charge in [0.1, 0.15) is 6.29 Å². The summed E-state index contributed by atoms with van der Waals surface area (Å²) >= 11 is 5.51. The Morgan fingerprint density at radius 1 is 1.50 bits per heavy atom. The van der Waals surface area contributed by atoms with Crippen LogP contribution in [-0.2, 0) is 0 Å². The molecule has 0 N–H and O–H groups in total. The third kappa shape index (κ3) is 2.90. The first-order valence-electron chi connectivity index (χ1n) is 4.38. The molecule has 0 heterocycles. The Hall–Kier alpha value is -1.26. The van der Waals surface area contributed by atoms with Crippen LogP contribution in [0, 0.1) is 18.8 Å². The van der Waals surface area contributed by atoms with Crippen molar-refractivity contribution in [1.29, 1.82) is 0 Å². The molecule has 72 valence electrons. The largest absolute Gasteiger partial charge is 0.298 e. The first kappa shape index (κ1) is 10.8. The third-order valence-electron chi connectivity index (χ3n) is 1.83. The van der Waals surface area contributed by atoms with Gasteiger partial charge in [-0.25, -0.2) is 0 Å². The summed E-state index contributed by atoms with van der Waals surface area (Å²) < 4.78 is 0. The first-order valence-corrected chi connectivity index (χ1v) is 4.92. The van der Waals surface area contributed by atoms with Gasteiger partial charge in [-0.1, -0.05) is 17.9 Å². The maximum absolute atomic E-state index is 10.5. The molecule has 1 nitrogen and oxygen atoms in total. The molecular weight excluding hydrogens is 196 g/mol. The average Bonchev–Trinajstić information content (AvgIpc) is 2.20. The van der Waals surface area contributed by atoms with Crippen molar-refractivity contribution in [3.05, 3.63) is 34.9 Å². The number of hydrogen-bond acceptors (Lipinski definition) is 1. The fourth-order valence-corrected chi connectivity index (χ4v) is 1.20. The van der Waals surface area contributed by atoms with Crippen molar-refractivity contribution in [2.24, 2.45) is 0 Å². The highest BCUT2D eigenvalue weighted by molar-refractivity contribution is 6.18. The SMILES string of the molecule is Cc1cc(C=O)ccc1C#CCCCl. The van der Waals surface area contributed by atoms with Crippen molar-refractivity contribution in [2.45, 2.75) is 13.3 Å². The lowest BCUT2D eigenvalue weighted by Gasteiger charge is -1.97. The Balaban J connectivity index is 2.90. The molecular formula is C12H11ClO.